The highest BCUT2D eigenvalue weighted by Gasteiger charge is 2.38. The van der Waals surface area contributed by atoms with Gasteiger partial charge in [-0.15, -0.1) is 0 Å². The molecule has 1 aliphatic heterocycles. The van der Waals surface area contributed by atoms with Crippen LogP contribution < -0.4 is 5.32 Å². The van der Waals surface area contributed by atoms with Crippen molar-refractivity contribution in [2.24, 2.45) is 0 Å². The van der Waals surface area contributed by atoms with Crippen molar-refractivity contribution < 1.29 is 9.59 Å². The molecule has 5 nitrogen and oxygen atoms in total. The molecule has 1 atom stereocenters. The van der Waals surface area contributed by atoms with Gasteiger partial charge in [-0.25, -0.2) is 0 Å². The van der Waals surface area contributed by atoms with Crippen LogP contribution >= 0.6 is 11.6 Å². The third kappa shape index (κ3) is 4.50. The predicted molar refractivity (Wildman–Crippen MR) is 113 cm³/mol. The first kappa shape index (κ1) is 20.0. The van der Waals surface area contributed by atoms with Gasteiger partial charge < -0.3 is 14.8 Å². The number of benzene rings is 1. The summed E-state index contributed by atoms with van der Waals surface area (Å²) in [5, 5.41) is 3.87. The summed E-state index contributed by atoms with van der Waals surface area (Å²) in [4.78, 5) is 28.0. The van der Waals surface area contributed by atoms with Gasteiger partial charge in [0.2, 0.25) is 11.8 Å². The minimum absolute atomic E-state index is 0.0635. The van der Waals surface area contributed by atoms with Gasteiger partial charge in [0.05, 0.1) is 5.69 Å². The number of carbonyl (C=O) groups excluding carboxylic acids is 2. The molecule has 2 aromatic rings. The van der Waals surface area contributed by atoms with E-state index in [9.17, 15) is 9.59 Å². The second-order valence-corrected chi connectivity index (χ2v) is 8.53. The number of rotatable bonds is 4. The average Bonchev–Trinajstić information content (AvgIpc) is 3.13. The third-order valence-electron chi connectivity index (χ3n) is 6.08. The first-order chi connectivity index (χ1) is 14.1. The minimum atomic E-state index is -0.632. The van der Waals surface area contributed by atoms with Crippen LogP contribution in [0.4, 0.5) is 0 Å². The zero-order valence-corrected chi connectivity index (χ0v) is 17.4. The molecule has 1 aromatic carbocycles. The van der Waals surface area contributed by atoms with E-state index in [1.807, 2.05) is 47.2 Å². The summed E-state index contributed by atoms with van der Waals surface area (Å²) >= 11 is 6.34. The molecule has 1 saturated carbocycles. The molecule has 0 bridgehead atoms. The second-order valence-electron chi connectivity index (χ2n) is 8.13. The molecular formula is C23H28ClN3O2. The number of hydrogen-bond acceptors (Lipinski definition) is 2. The normalized spacial score (nSPS) is 20.7. The van der Waals surface area contributed by atoms with E-state index in [4.69, 9.17) is 11.6 Å². The van der Waals surface area contributed by atoms with Crippen LogP contribution in [0.5, 0.6) is 0 Å². The molecular weight excluding hydrogens is 386 g/mol. The van der Waals surface area contributed by atoms with Gasteiger partial charge in [-0.05, 0) is 36.6 Å². The smallest absolute Gasteiger partial charge is 0.249 e. The van der Waals surface area contributed by atoms with E-state index in [-0.39, 0.29) is 24.4 Å². The molecule has 29 heavy (non-hydrogen) atoms. The van der Waals surface area contributed by atoms with Crippen LogP contribution in [-0.2, 0) is 22.7 Å². The van der Waals surface area contributed by atoms with Crippen LogP contribution in [0, 0.1) is 0 Å². The fourth-order valence-corrected chi connectivity index (χ4v) is 4.70. The van der Waals surface area contributed by atoms with E-state index < -0.39 is 6.04 Å². The van der Waals surface area contributed by atoms with Crippen molar-refractivity contribution in [3.8, 4) is 0 Å². The Kier molecular flexibility index (Phi) is 6.24. The summed E-state index contributed by atoms with van der Waals surface area (Å²) in [6.45, 7) is 0.576. The lowest BCUT2D eigenvalue weighted by Crippen LogP contribution is -2.50. The molecule has 1 unspecified atom stereocenters. The third-order valence-corrected chi connectivity index (χ3v) is 6.45. The van der Waals surface area contributed by atoms with Gasteiger partial charge in [-0.1, -0.05) is 61.9 Å². The summed E-state index contributed by atoms with van der Waals surface area (Å²) in [5.41, 5.74) is 1.71. The Morgan fingerprint density at radius 3 is 2.52 bits per heavy atom. The van der Waals surface area contributed by atoms with E-state index in [1.54, 1.807) is 4.90 Å². The molecule has 2 aliphatic rings. The maximum Gasteiger partial charge on any atom is 0.249 e. The lowest BCUT2D eigenvalue weighted by atomic mass is 9.96. The lowest BCUT2D eigenvalue weighted by Gasteiger charge is -2.37. The van der Waals surface area contributed by atoms with E-state index in [1.165, 1.54) is 19.3 Å². The van der Waals surface area contributed by atoms with E-state index in [0.717, 1.165) is 36.9 Å². The Bertz CT molecular complexity index is 871. The zero-order valence-electron chi connectivity index (χ0n) is 16.6. The maximum absolute atomic E-state index is 13.4. The summed E-state index contributed by atoms with van der Waals surface area (Å²) < 4.78 is 1.88. The van der Waals surface area contributed by atoms with Gasteiger partial charge in [0, 0.05) is 23.8 Å². The van der Waals surface area contributed by atoms with Crippen LogP contribution in [0.2, 0.25) is 5.02 Å². The fraction of sp³-hybridized carbons (Fsp3) is 0.478. The predicted octanol–water partition coefficient (Wildman–Crippen LogP) is 4.45. The number of fused-ring (bicyclic) bond motifs is 1. The minimum Gasteiger partial charge on any atom is -0.351 e. The number of carbonyl (C=O) groups is 2. The summed E-state index contributed by atoms with van der Waals surface area (Å²) in [6, 6.07) is 10.9. The molecule has 2 heterocycles. The van der Waals surface area contributed by atoms with Crippen LogP contribution in [0.3, 0.4) is 0 Å². The maximum atomic E-state index is 13.4. The molecule has 0 radical (unpaired) electrons. The number of nitrogens with one attached hydrogen (secondary N) is 1. The Morgan fingerprint density at radius 2 is 1.76 bits per heavy atom. The standard InChI is InChI=1S/C23H28ClN3O2/c24-19-12-7-6-9-17(19)15-27-21(28)16-26-14-8-13-20(26)22(27)23(29)25-18-10-4-2-1-3-5-11-18/h6-9,12-14,18,22H,1-5,10-11,15-16H2,(H,25,29). The van der Waals surface area contributed by atoms with Crippen LogP contribution in [-0.4, -0.2) is 27.3 Å². The molecule has 0 spiro atoms. The molecule has 2 amide bonds. The van der Waals surface area contributed by atoms with Crippen molar-refractivity contribution in [3.63, 3.8) is 0 Å². The van der Waals surface area contributed by atoms with Crippen molar-refractivity contribution in [1.82, 2.24) is 14.8 Å². The van der Waals surface area contributed by atoms with Gasteiger partial charge in [0.25, 0.3) is 0 Å². The Hall–Kier alpha value is -2.27. The first-order valence-electron chi connectivity index (χ1n) is 10.6. The first-order valence-corrected chi connectivity index (χ1v) is 11.0. The SMILES string of the molecule is O=C(NC1CCCCCCC1)C1c2cccn2CC(=O)N1Cc1ccccc1Cl. The van der Waals surface area contributed by atoms with Gasteiger partial charge in [-0.2, -0.15) is 0 Å². The lowest BCUT2D eigenvalue weighted by molar-refractivity contribution is -0.144. The van der Waals surface area contributed by atoms with Crippen molar-refractivity contribution >= 4 is 23.4 Å². The van der Waals surface area contributed by atoms with Crippen molar-refractivity contribution in [2.45, 2.75) is 70.1 Å². The molecule has 4 rings (SSSR count). The number of amides is 2. The Labute approximate surface area is 177 Å². The highest BCUT2D eigenvalue weighted by molar-refractivity contribution is 6.31. The fourth-order valence-electron chi connectivity index (χ4n) is 4.51. The second kappa shape index (κ2) is 9.04. The topological polar surface area (TPSA) is 54.3 Å². The molecule has 1 aliphatic carbocycles. The summed E-state index contributed by atoms with van der Waals surface area (Å²) in [7, 11) is 0. The largest absolute Gasteiger partial charge is 0.351 e. The van der Waals surface area contributed by atoms with Crippen molar-refractivity contribution in [1.29, 1.82) is 0 Å². The average molecular weight is 414 g/mol. The molecule has 1 N–H and O–H groups in total. The number of nitrogens with zero attached hydrogens (tertiary/aromatic N) is 2. The summed E-state index contributed by atoms with van der Waals surface area (Å²) in [6.07, 6.45) is 9.94. The van der Waals surface area contributed by atoms with E-state index in [0.29, 0.717) is 11.6 Å². The summed E-state index contributed by atoms with van der Waals surface area (Å²) in [5.74, 6) is -0.151. The van der Waals surface area contributed by atoms with Crippen LogP contribution in [0.1, 0.15) is 62.2 Å². The molecule has 1 fully saturated rings. The zero-order chi connectivity index (χ0) is 20.2. The van der Waals surface area contributed by atoms with Gasteiger partial charge in [0.1, 0.15) is 6.54 Å². The van der Waals surface area contributed by atoms with Crippen LogP contribution in [0.25, 0.3) is 0 Å². The molecule has 6 heteroatoms. The van der Waals surface area contributed by atoms with Gasteiger partial charge in [0.15, 0.2) is 6.04 Å². The Morgan fingerprint density at radius 1 is 1.03 bits per heavy atom. The highest BCUT2D eigenvalue weighted by Crippen LogP contribution is 2.31. The monoisotopic (exact) mass is 413 g/mol. The van der Waals surface area contributed by atoms with Crippen molar-refractivity contribution in [3.05, 3.63) is 58.9 Å². The highest BCUT2D eigenvalue weighted by atomic mass is 35.5. The molecule has 154 valence electrons. The Balaban J connectivity index is 1.58. The number of aromatic nitrogens is 1. The number of halogens is 1. The quantitative estimate of drug-likeness (QED) is 0.804. The van der Waals surface area contributed by atoms with E-state index in [2.05, 4.69) is 5.32 Å². The van der Waals surface area contributed by atoms with E-state index >= 15 is 0 Å². The van der Waals surface area contributed by atoms with Crippen LogP contribution in [0.15, 0.2) is 42.6 Å². The van der Waals surface area contributed by atoms with Crippen molar-refractivity contribution in [2.75, 3.05) is 0 Å². The van der Waals surface area contributed by atoms with Gasteiger partial charge >= 0.3 is 0 Å². The number of hydrogen-bond donors (Lipinski definition) is 1. The molecule has 0 saturated heterocycles. The van der Waals surface area contributed by atoms with Gasteiger partial charge in [-0.3, -0.25) is 9.59 Å². The molecule has 1 aromatic heterocycles.